The van der Waals surface area contributed by atoms with Crippen molar-refractivity contribution in [3.8, 4) is 11.3 Å². The molecule has 34 heavy (non-hydrogen) atoms. The molecule has 0 spiro atoms. The third-order valence-electron chi connectivity index (χ3n) is 6.71. The van der Waals surface area contributed by atoms with E-state index in [1.807, 2.05) is 18.6 Å². The van der Waals surface area contributed by atoms with Crippen LogP contribution in [0.4, 0.5) is 23.1 Å². The van der Waals surface area contributed by atoms with Gasteiger partial charge >= 0.3 is 0 Å². The average Bonchev–Trinajstić information content (AvgIpc) is 3.35. The first-order valence-electron chi connectivity index (χ1n) is 12.2. The van der Waals surface area contributed by atoms with Gasteiger partial charge in [-0.1, -0.05) is 12.1 Å². The van der Waals surface area contributed by atoms with Crippen LogP contribution in [-0.2, 0) is 0 Å². The molecule has 2 saturated heterocycles. The highest BCUT2D eigenvalue weighted by Gasteiger charge is 2.17. The number of hydrogen-bond donors (Lipinski definition) is 3. The van der Waals surface area contributed by atoms with Crippen molar-refractivity contribution >= 4 is 34.0 Å². The first kappa shape index (κ1) is 20.9. The lowest BCUT2D eigenvalue weighted by molar-refractivity contribution is 0.575. The summed E-state index contributed by atoms with van der Waals surface area (Å²) in [5.41, 5.74) is 5.28. The van der Waals surface area contributed by atoms with Gasteiger partial charge in [0.2, 0.25) is 5.95 Å². The molecule has 0 aliphatic carbocycles. The molecule has 2 aliphatic rings. The Morgan fingerprint density at radius 2 is 1.53 bits per heavy atom. The Labute approximate surface area is 199 Å². The van der Waals surface area contributed by atoms with Crippen LogP contribution in [0.2, 0.25) is 0 Å². The number of aromatic nitrogens is 4. The van der Waals surface area contributed by atoms with Crippen LogP contribution in [0.3, 0.4) is 0 Å². The van der Waals surface area contributed by atoms with E-state index in [9.17, 15) is 0 Å². The predicted molar refractivity (Wildman–Crippen MR) is 138 cm³/mol. The molecule has 2 fully saturated rings. The molecule has 4 aromatic rings. The predicted octanol–water partition coefficient (Wildman–Crippen LogP) is 4.16. The number of benzene rings is 1. The minimum atomic E-state index is 0.791. The Morgan fingerprint density at radius 1 is 0.765 bits per heavy atom. The molecule has 0 unspecified atom stereocenters. The molecule has 0 amide bonds. The van der Waals surface area contributed by atoms with Crippen LogP contribution < -0.4 is 20.4 Å². The summed E-state index contributed by atoms with van der Waals surface area (Å²) in [6, 6.07) is 12.8. The van der Waals surface area contributed by atoms with E-state index in [4.69, 9.17) is 4.98 Å². The van der Waals surface area contributed by atoms with Crippen molar-refractivity contribution < 1.29 is 0 Å². The summed E-state index contributed by atoms with van der Waals surface area (Å²) >= 11 is 0. The number of anilines is 4. The van der Waals surface area contributed by atoms with Gasteiger partial charge in [-0.05, 0) is 49.1 Å². The van der Waals surface area contributed by atoms with Gasteiger partial charge < -0.3 is 25.4 Å². The highest BCUT2D eigenvalue weighted by Crippen LogP contribution is 2.31. The third-order valence-corrected chi connectivity index (χ3v) is 6.71. The molecule has 1 aromatic carbocycles. The number of piperidine rings is 1. The van der Waals surface area contributed by atoms with E-state index < -0.39 is 0 Å². The summed E-state index contributed by atoms with van der Waals surface area (Å²) < 4.78 is 0. The van der Waals surface area contributed by atoms with Gasteiger partial charge in [0, 0.05) is 62.2 Å². The zero-order valence-electron chi connectivity index (χ0n) is 19.3. The van der Waals surface area contributed by atoms with Gasteiger partial charge in [-0.2, -0.15) is 0 Å². The minimum Gasteiger partial charge on any atom is -0.356 e. The lowest BCUT2D eigenvalue weighted by Crippen LogP contribution is -2.44. The summed E-state index contributed by atoms with van der Waals surface area (Å²) in [7, 11) is 0. The maximum absolute atomic E-state index is 4.71. The molecular formula is C26H30N8. The van der Waals surface area contributed by atoms with Crippen LogP contribution in [0.15, 0.2) is 55.0 Å². The number of nitrogens with zero attached hydrogens (tertiary/aromatic N) is 5. The summed E-state index contributed by atoms with van der Waals surface area (Å²) in [4.78, 5) is 22.0. The van der Waals surface area contributed by atoms with E-state index in [0.29, 0.717) is 0 Å². The molecule has 8 heteroatoms. The van der Waals surface area contributed by atoms with Crippen LogP contribution in [0.5, 0.6) is 0 Å². The quantitative estimate of drug-likeness (QED) is 0.417. The fourth-order valence-corrected chi connectivity index (χ4v) is 4.87. The topological polar surface area (TPSA) is 85.0 Å². The maximum Gasteiger partial charge on any atom is 0.225 e. The smallest absolute Gasteiger partial charge is 0.225 e. The van der Waals surface area contributed by atoms with E-state index in [2.05, 4.69) is 71.8 Å². The van der Waals surface area contributed by atoms with Crippen LogP contribution in [0.1, 0.15) is 19.3 Å². The van der Waals surface area contributed by atoms with Crippen molar-refractivity contribution in [1.82, 2.24) is 25.3 Å². The second-order valence-electron chi connectivity index (χ2n) is 9.04. The number of pyridine rings is 1. The van der Waals surface area contributed by atoms with Crippen molar-refractivity contribution in [1.29, 1.82) is 0 Å². The Hall–Kier alpha value is -3.65. The van der Waals surface area contributed by atoms with Crippen molar-refractivity contribution in [2.24, 2.45) is 0 Å². The highest BCUT2D eigenvalue weighted by molar-refractivity contribution is 5.94. The molecule has 0 atom stereocenters. The number of H-pyrrole nitrogens is 1. The normalized spacial score (nSPS) is 16.7. The number of hydrogen-bond acceptors (Lipinski definition) is 7. The van der Waals surface area contributed by atoms with Gasteiger partial charge in [-0.3, -0.25) is 0 Å². The van der Waals surface area contributed by atoms with Crippen LogP contribution in [0, 0.1) is 0 Å². The molecular weight excluding hydrogens is 424 g/mol. The summed E-state index contributed by atoms with van der Waals surface area (Å²) in [6.45, 7) is 6.01. The van der Waals surface area contributed by atoms with E-state index in [1.54, 1.807) is 0 Å². The summed E-state index contributed by atoms with van der Waals surface area (Å²) in [6.07, 6.45) is 9.42. The highest BCUT2D eigenvalue weighted by atomic mass is 15.3. The lowest BCUT2D eigenvalue weighted by Gasteiger charge is -2.28. The van der Waals surface area contributed by atoms with Crippen molar-refractivity contribution in [3.05, 3.63) is 55.0 Å². The first-order valence-corrected chi connectivity index (χ1v) is 12.2. The maximum atomic E-state index is 4.71. The molecule has 0 radical (unpaired) electrons. The fraction of sp³-hybridized carbons (Fsp3) is 0.346. The van der Waals surface area contributed by atoms with E-state index >= 15 is 0 Å². The van der Waals surface area contributed by atoms with Crippen LogP contribution in [0.25, 0.3) is 22.2 Å². The third kappa shape index (κ3) is 4.28. The van der Waals surface area contributed by atoms with Crippen LogP contribution >= 0.6 is 0 Å². The lowest BCUT2D eigenvalue weighted by atomic mass is 10.1. The van der Waals surface area contributed by atoms with Gasteiger partial charge in [0.15, 0.2) is 0 Å². The SMILES string of the molecule is c1cc2[nH]c(-c3ccc(Nc4cnc(N5CCNCC5)nc4)cc3)cc2c(N2CCCCC2)n1. The molecule has 3 N–H and O–H groups in total. The molecule has 3 aromatic heterocycles. The second-order valence-corrected chi connectivity index (χ2v) is 9.04. The summed E-state index contributed by atoms with van der Waals surface area (Å²) in [5.74, 6) is 1.89. The monoisotopic (exact) mass is 454 g/mol. The molecule has 174 valence electrons. The molecule has 0 saturated carbocycles. The van der Waals surface area contributed by atoms with Gasteiger partial charge in [0.25, 0.3) is 0 Å². The number of aromatic amines is 1. The molecule has 8 nitrogen and oxygen atoms in total. The molecule has 6 rings (SSSR count). The first-order chi connectivity index (χ1) is 16.8. The minimum absolute atomic E-state index is 0.791. The zero-order valence-corrected chi connectivity index (χ0v) is 19.3. The van der Waals surface area contributed by atoms with Crippen molar-refractivity contribution in [3.63, 3.8) is 0 Å². The standard InChI is InChI=1S/C26H30N8/c1-2-12-33(13-3-1)25-22-16-24(32-23(22)8-9-28-25)19-4-6-20(7-5-19)31-21-17-29-26(30-18-21)34-14-10-27-11-15-34/h4-9,16-18,27,31-32H,1-3,10-15H2. The Kier molecular flexibility index (Phi) is 5.73. The fourth-order valence-electron chi connectivity index (χ4n) is 4.87. The molecule has 5 heterocycles. The Bertz CT molecular complexity index is 1240. The largest absolute Gasteiger partial charge is 0.356 e. The summed E-state index contributed by atoms with van der Waals surface area (Å²) in [5, 5.41) is 7.96. The Morgan fingerprint density at radius 3 is 2.29 bits per heavy atom. The van der Waals surface area contributed by atoms with E-state index in [0.717, 1.165) is 79.2 Å². The molecule has 0 bridgehead atoms. The number of fused-ring (bicyclic) bond motifs is 1. The van der Waals surface area contributed by atoms with Gasteiger partial charge in [0.1, 0.15) is 5.82 Å². The Balaban J connectivity index is 1.17. The molecule has 2 aliphatic heterocycles. The second kappa shape index (κ2) is 9.30. The van der Waals surface area contributed by atoms with Crippen molar-refractivity contribution in [2.45, 2.75) is 19.3 Å². The van der Waals surface area contributed by atoms with Gasteiger partial charge in [0.05, 0.1) is 23.6 Å². The van der Waals surface area contributed by atoms with Crippen molar-refractivity contribution in [2.75, 3.05) is 54.4 Å². The van der Waals surface area contributed by atoms with E-state index in [-0.39, 0.29) is 0 Å². The number of piperazine rings is 1. The number of nitrogens with one attached hydrogen (secondary N) is 3. The van der Waals surface area contributed by atoms with E-state index in [1.165, 1.54) is 24.6 Å². The number of rotatable bonds is 5. The van der Waals surface area contributed by atoms with Crippen LogP contribution in [-0.4, -0.2) is 59.2 Å². The van der Waals surface area contributed by atoms with Gasteiger partial charge in [-0.25, -0.2) is 15.0 Å². The zero-order chi connectivity index (χ0) is 22.7. The van der Waals surface area contributed by atoms with Gasteiger partial charge in [-0.15, -0.1) is 0 Å². The average molecular weight is 455 g/mol.